The third-order valence-electron chi connectivity index (χ3n) is 11.6. The van der Waals surface area contributed by atoms with Gasteiger partial charge in [-0.2, -0.15) is 0 Å². The number of allylic oxidation sites excluding steroid dienone is 12. The smallest absolute Gasteiger partial charge is 0.462 e. The first-order chi connectivity index (χ1) is 34.2. The van der Waals surface area contributed by atoms with Crippen molar-refractivity contribution >= 4 is 25.7 Å². The number of esters is 3. The van der Waals surface area contributed by atoms with Crippen molar-refractivity contribution in [3.8, 4) is 0 Å². The molecule has 0 heterocycles. The fraction of sp³-hybridized carbons (Fsp3) is 0.741. The summed E-state index contributed by atoms with van der Waals surface area (Å²) in [6.45, 7) is 4.42. The van der Waals surface area contributed by atoms with E-state index in [4.69, 9.17) is 23.3 Å². The number of hydrogen-bond donors (Lipinski definition) is 2. The first-order valence-electron chi connectivity index (χ1n) is 27.8. The van der Waals surface area contributed by atoms with Gasteiger partial charge in [-0.05, 0) is 77.0 Å². The highest BCUT2D eigenvalue weighted by Gasteiger charge is 2.28. The van der Waals surface area contributed by atoms with E-state index in [2.05, 4.69) is 81.5 Å². The third kappa shape index (κ3) is 49.9. The lowest BCUT2D eigenvalue weighted by Crippen LogP contribution is -2.30. The molecule has 0 saturated heterocycles. The van der Waals surface area contributed by atoms with Crippen LogP contribution in [0.25, 0.3) is 0 Å². The van der Waals surface area contributed by atoms with Gasteiger partial charge in [0.1, 0.15) is 12.7 Å². The van der Waals surface area contributed by atoms with Crippen LogP contribution >= 0.6 is 7.82 Å². The molecule has 0 aliphatic carbocycles. The lowest BCUT2D eigenvalue weighted by atomic mass is 10.0. The Labute approximate surface area is 427 Å². The van der Waals surface area contributed by atoms with E-state index in [0.29, 0.717) is 19.3 Å². The molecule has 3 atom stereocenters. The number of aliphatic hydroxyl groups excluding tert-OH is 1. The van der Waals surface area contributed by atoms with Crippen LogP contribution in [0, 0.1) is 0 Å². The van der Waals surface area contributed by atoms with E-state index in [-0.39, 0.29) is 25.9 Å². The van der Waals surface area contributed by atoms with Crippen molar-refractivity contribution in [2.75, 3.05) is 26.4 Å². The second kappa shape index (κ2) is 52.2. The van der Waals surface area contributed by atoms with Gasteiger partial charge in [0.05, 0.1) is 19.8 Å². The molecule has 11 nitrogen and oxygen atoms in total. The predicted molar refractivity (Wildman–Crippen MR) is 288 cm³/mol. The van der Waals surface area contributed by atoms with Gasteiger partial charge in [0.25, 0.3) is 0 Å². The molecular formula is C58H101O11P. The number of rotatable bonds is 51. The van der Waals surface area contributed by atoms with Crippen molar-refractivity contribution in [2.45, 2.75) is 251 Å². The maximum Gasteiger partial charge on any atom is 0.472 e. The molecule has 0 aromatic carbocycles. The minimum absolute atomic E-state index is 0.0546. The molecule has 70 heavy (non-hydrogen) atoms. The Kier molecular flexibility index (Phi) is 50.0. The van der Waals surface area contributed by atoms with Crippen LogP contribution in [-0.4, -0.2) is 66.5 Å². The summed E-state index contributed by atoms with van der Waals surface area (Å²) in [7, 11) is -4.76. The van der Waals surface area contributed by atoms with E-state index in [9.17, 15) is 28.9 Å². The summed E-state index contributed by atoms with van der Waals surface area (Å²) in [5, 5.41) is 9.77. The molecule has 0 rings (SSSR count). The van der Waals surface area contributed by atoms with Gasteiger partial charge >= 0.3 is 25.7 Å². The van der Waals surface area contributed by atoms with Crippen LogP contribution in [-0.2, 0) is 42.2 Å². The lowest BCUT2D eigenvalue weighted by molar-refractivity contribution is -0.161. The average molecular weight is 1010 g/mol. The number of carbonyl (C=O) groups excluding carboxylic acids is 3. The Hall–Kier alpha value is -3.08. The predicted octanol–water partition coefficient (Wildman–Crippen LogP) is 16.1. The molecule has 0 radical (unpaired) electrons. The van der Waals surface area contributed by atoms with Gasteiger partial charge in [-0.25, -0.2) is 4.57 Å². The maximum absolute atomic E-state index is 12.9. The van der Waals surface area contributed by atoms with Gasteiger partial charge in [-0.1, -0.05) is 216 Å². The Bertz CT molecular complexity index is 1450. The Morgan fingerprint density at radius 3 is 1.26 bits per heavy atom. The van der Waals surface area contributed by atoms with Crippen molar-refractivity contribution < 1.29 is 52.2 Å². The van der Waals surface area contributed by atoms with Crippen molar-refractivity contribution in [3.63, 3.8) is 0 Å². The largest absolute Gasteiger partial charge is 0.472 e. The number of phosphoric acid groups is 1. The van der Waals surface area contributed by atoms with E-state index >= 15 is 0 Å². The second-order valence-electron chi connectivity index (χ2n) is 18.4. The molecule has 404 valence electrons. The molecule has 2 N–H and O–H groups in total. The van der Waals surface area contributed by atoms with Gasteiger partial charge in [0.15, 0.2) is 6.10 Å². The van der Waals surface area contributed by atoms with Crippen molar-refractivity contribution in [2.24, 2.45) is 0 Å². The highest BCUT2D eigenvalue weighted by Crippen LogP contribution is 2.43. The van der Waals surface area contributed by atoms with Crippen LogP contribution in [0.3, 0.4) is 0 Å². The Balaban J connectivity index is 4.79. The van der Waals surface area contributed by atoms with Crippen LogP contribution in [0.1, 0.15) is 239 Å². The zero-order valence-electron chi connectivity index (χ0n) is 44.5. The monoisotopic (exact) mass is 1000 g/mol. The van der Waals surface area contributed by atoms with Gasteiger partial charge in [-0.3, -0.25) is 23.4 Å². The minimum Gasteiger partial charge on any atom is -0.462 e. The van der Waals surface area contributed by atoms with E-state index in [1.165, 1.54) is 96.3 Å². The summed E-state index contributed by atoms with van der Waals surface area (Å²) in [6, 6.07) is 0. The van der Waals surface area contributed by atoms with Crippen molar-refractivity contribution in [1.82, 2.24) is 0 Å². The second-order valence-corrected chi connectivity index (χ2v) is 19.8. The highest BCUT2D eigenvalue weighted by atomic mass is 31.2. The van der Waals surface area contributed by atoms with Crippen LogP contribution in [0.15, 0.2) is 72.9 Å². The first-order valence-corrected chi connectivity index (χ1v) is 29.3. The van der Waals surface area contributed by atoms with Gasteiger partial charge in [0, 0.05) is 19.3 Å². The summed E-state index contributed by atoms with van der Waals surface area (Å²) in [5.41, 5.74) is 0. The minimum atomic E-state index is -4.76. The molecule has 12 heteroatoms. The molecule has 0 aromatic rings. The van der Waals surface area contributed by atoms with E-state index < -0.39 is 57.8 Å². The maximum atomic E-state index is 12.9. The molecule has 0 aliphatic rings. The molecule has 0 spiro atoms. The van der Waals surface area contributed by atoms with Crippen molar-refractivity contribution in [1.29, 1.82) is 0 Å². The van der Waals surface area contributed by atoms with Crippen LogP contribution in [0.4, 0.5) is 0 Å². The van der Waals surface area contributed by atoms with E-state index in [1.54, 1.807) is 0 Å². The molecular weight excluding hydrogens is 904 g/mol. The van der Waals surface area contributed by atoms with Crippen LogP contribution < -0.4 is 0 Å². The fourth-order valence-corrected chi connectivity index (χ4v) is 8.18. The zero-order chi connectivity index (χ0) is 51.3. The molecule has 3 unspecified atom stereocenters. The topological polar surface area (TPSA) is 155 Å². The molecule has 0 amide bonds. The zero-order valence-corrected chi connectivity index (χ0v) is 45.4. The van der Waals surface area contributed by atoms with E-state index in [1.807, 2.05) is 12.2 Å². The normalized spacial score (nSPS) is 14.0. The lowest BCUT2D eigenvalue weighted by Gasteiger charge is -2.21. The summed E-state index contributed by atoms with van der Waals surface area (Å²) in [5.74, 6) is -1.56. The summed E-state index contributed by atoms with van der Waals surface area (Å²) < 4.78 is 39.4. The highest BCUT2D eigenvalue weighted by molar-refractivity contribution is 7.47. The number of phosphoric ester groups is 1. The summed E-state index contributed by atoms with van der Waals surface area (Å²) in [6.07, 6.45) is 57.3. The SMILES string of the molecule is CC/C=C\C/C=C\C/C=C\C/C=C\CCC(=O)OC(CO)COP(=O)(O)OCC(COC(=O)CCCCCCCCCCCCCCC)OC(=O)CCCCCCCCC/C=C\C/C=C\CCCCC. The number of hydrogen-bond acceptors (Lipinski definition) is 10. The molecule has 0 aromatic heterocycles. The van der Waals surface area contributed by atoms with Crippen molar-refractivity contribution in [3.05, 3.63) is 72.9 Å². The standard InChI is InChI=1S/C58H101O11P/c1-4-7-10-13-16-19-22-25-26-27-28-31-34-37-40-43-46-49-58(62)69-55(51-65-56(60)47-44-41-38-35-32-29-23-20-17-14-11-8-5-2)53-67-70(63,64)66-52-54(50-59)68-57(61)48-45-42-39-36-33-30-24-21-18-15-12-9-6-3/h9,12,16,18-19,21,25-26,30,33,39,42,54-55,59H,4-8,10-11,13-15,17,20,22-24,27-29,31-32,34-38,40-41,43-53H2,1-3H3,(H,63,64)/b12-9-,19-16-,21-18-,26-25-,33-30-,42-39-. The Morgan fingerprint density at radius 1 is 0.414 bits per heavy atom. The molecule has 0 saturated carbocycles. The van der Waals surface area contributed by atoms with E-state index in [0.717, 1.165) is 83.5 Å². The average Bonchev–Trinajstić information content (AvgIpc) is 3.35. The third-order valence-corrected chi connectivity index (χ3v) is 12.6. The first kappa shape index (κ1) is 66.9. The number of aliphatic hydroxyl groups is 1. The number of carbonyl (C=O) groups is 3. The van der Waals surface area contributed by atoms with Gasteiger partial charge in [-0.15, -0.1) is 0 Å². The molecule has 0 fully saturated rings. The fourth-order valence-electron chi connectivity index (χ4n) is 7.40. The Morgan fingerprint density at radius 2 is 0.771 bits per heavy atom. The van der Waals surface area contributed by atoms with Crippen LogP contribution in [0.2, 0.25) is 0 Å². The summed E-state index contributed by atoms with van der Waals surface area (Å²) in [4.78, 5) is 48.4. The van der Waals surface area contributed by atoms with Crippen LogP contribution in [0.5, 0.6) is 0 Å². The number of unbranched alkanes of at least 4 members (excludes halogenated alkanes) is 22. The quantitative estimate of drug-likeness (QED) is 0.0197. The molecule has 0 bridgehead atoms. The summed E-state index contributed by atoms with van der Waals surface area (Å²) >= 11 is 0. The number of ether oxygens (including phenoxy) is 3. The molecule has 0 aliphatic heterocycles. The van der Waals surface area contributed by atoms with Gasteiger partial charge in [0.2, 0.25) is 0 Å². The van der Waals surface area contributed by atoms with Gasteiger partial charge < -0.3 is 24.2 Å².